The molecule has 0 amide bonds. The van der Waals surface area contributed by atoms with Gasteiger partial charge in [0.25, 0.3) is 5.56 Å². The normalized spacial score (nSPS) is 10.8. The van der Waals surface area contributed by atoms with Gasteiger partial charge in [0.1, 0.15) is 5.82 Å². The number of aromatic nitrogens is 2. The maximum atomic E-state index is 13.2. The Labute approximate surface area is 114 Å². The van der Waals surface area contributed by atoms with Crippen LogP contribution < -0.4 is 11.3 Å². The molecule has 0 unspecified atom stereocenters. The van der Waals surface area contributed by atoms with Crippen LogP contribution in [-0.4, -0.2) is 10.2 Å². The summed E-state index contributed by atoms with van der Waals surface area (Å²) < 4.78 is 13.2. The van der Waals surface area contributed by atoms with Crippen molar-refractivity contribution >= 4 is 16.5 Å². The predicted molar refractivity (Wildman–Crippen MR) is 76.0 cm³/mol. The van der Waals surface area contributed by atoms with Gasteiger partial charge in [0.05, 0.1) is 11.1 Å². The number of nitrogens with two attached hydrogens (primary N) is 1. The zero-order valence-electron chi connectivity index (χ0n) is 10.6. The van der Waals surface area contributed by atoms with Gasteiger partial charge in [-0.25, -0.2) is 9.49 Å². The number of halogens is 1. The summed E-state index contributed by atoms with van der Waals surface area (Å²) in [4.78, 5) is 11.8. The van der Waals surface area contributed by atoms with Crippen LogP contribution in [0.2, 0.25) is 0 Å². The third-order valence-corrected chi connectivity index (χ3v) is 3.15. The minimum absolute atomic E-state index is 0.282. The number of anilines is 1. The summed E-state index contributed by atoms with van der Waals surface area (Å²) in [5, 5.41) is 7.73. The highest BCUT2D eigenvalue weighted by atomic mass is 19.1. The number of benzene rings is 2. The highest BCUT2D eigenvalue weighted by Gasteiger charge is 2.08. The van der Waals surface area contributed by atoms with E-state index in [1.807, 2.05) is 6.07 Å². The standard InChI is InChI=1S/C15H12FN3O/c16-10-3-1-2-9(6-10)7-14-12-5-4-11(17)8-13(12)15(20)19-18-14/h1-6,8H,7,17H2,(H,19,20). The van der Waals surface area contributed by atoms with E-state index in [9.17, 15) is 9.18 Å². The first-order chi connectivity index (χ1) is 9.63. The summed E-state index contributed by atoms with van der Waals surface area (Å²) in [5.41, 5.74) is 7.41. The first-order valence-electron chi connectivity index (χ1n) is 6.15. The van der Waals surface area contributed by atoms with Crippen molar-refractivity contribution in [3.8, 4) is 0 Å². The Bertz CT molecular complexity index is 842. The van der Waals surface area contributed by atoms with Gasteiger partial charge in [-0.2, -0.15) is 5.10 Å². The quantitative estimate of drug-likeness (QED) is 0.701. The molecule has 1 aromatic heterocycles. The summed E-state index contributed by atoms with van der Waals surface area (Å²) in [6.45, 7) is 0. The lowest BCUT2D eigenvalue weighted by atomic mass is 10.0. The minimum atomic E-state index is -0.291. The van der Waals surface area contributed by atoms with E-state index < -0.39 is 0 Å². The number of aromatic amines is 1. The van der Waals surface area contributed by atoms with E-state index in [-0.39, 0.29) is 11.4 Å². The SMILES string of the molecule is Nc1ccc2c(Cc3cccc(F)c3)n[nH]c(=O)c2c1. The number of nitrogens with one attached hydrogen (secondary N) is 1. The van der Waals surface area contributed by atoms with E-state index in [2.05, 4.69) is 10.2 Å². The molecule has 100 valence electrons. The maximum absolute atomic E-state index is 13.2. The molecule has 0 aliphatic rings. The fourth-order valence-corrected chi connectivity index (χ4v) is 2.22. The van der Waals surface area contributed by atoms with E-state index >= 15 is 0 Å². The molecule has 0 saturated heterocycles. The molecule has 0 fully saturated rings. The van der Waals surface area contributed by atoms with Crippen LogP contribution in [0, 0.1) is 5.82 Å². The molecule has 3 N–H and O–H groups in total. The number of rotatable bonds is 2. The molecule has 0 aliphatic carbocycles. The average molecular weight is 269 g/mol. The number of nitrogen functional groups attached to an aromatic ring is 1. The van der Waals surface area contributed by atoms with Crippen molar-refractivity contribution in [3.63, 3.8) is 0 Å². The van der Waals surface area contributed by atoms with E-state index in [0.29, 0.717) is 23.2 Å². The largest absolute Gasteiger partial charge is 0.399 e. The summed E-state index contributed by atoms with van der Waals surface area (Å²) in [6, 6.07) is 11.4. The topological polar surface area (TPSA) is 71.8 Å². The van der Waals surface area contributed by atoms with Gasteiger partial charge in [-0.3, -0.25) is 4.79 Å². The van der Waals surface area contributed by atoms with Crippen LogP contribution in [0.5, 0.6) is 0 Å². The first kappa shape index (κ1) is 12.3. The maximum Gasteiger partial charge on any atom is 0.272 e. The van der Waals surface area contributed by atoms with Gasteiger partial charge in [-0.1, -0.05) is 18.2 Å². The van der Waals surface area contributed by atoms with Crippen molar-refractivity contribution in [1.82, 2.24) is 10.2 Å². The van der Waals surface area contributed by atoms with Crippen molar-refractivity contribution in [2.75, 3.05) is 5.73 Å². The Balaban J connectivity index is 2.13. The summed E-state index contributed by atoms with van der Waals surface area (Å²) >= 11 is 0. The van der Waals surface area contributed by atoms with Gasteiger partial charge in [-0.05, 0) is 29.8 Å². The molecule has 1 heterocycles. The highest BCUT2D eigenvalue weighted by molar-refractivity contribution is 5.86. The Kier molecular flexibility index (Phi) is 2.95. The molecule has 0 spiro atoms. The predicted octanol–water partition coefficient (Wildman–Crippen LogP) is 2.24. The Hall–Kier alpha value is -2.69. The van der Waals surface area contributed by atoms with Gasteiger partial charge >= 0.3 is 0 Å². The second-order valence-corrected chi connectivity index (χ2v) is 4.61. The van der Waals surface area contributed by atoms with Crippen molar-refractivity contribution in [3.05, 3.63) is 69.9 Å². The molecule has 2 aromatic carbocycles. The fourth-order valence-electron chi connectivity index (χ4n) is 2.22. The van der Waals surface area contributed by atoms with Crippen molar-refractivity contribution in [2.45, 2.75) is 6.42 Å². The molecule has 0 bridgehead atoms. The van der Waals surface area contributed by atoms with Crippen LogP contribution in [0.15, 0.2) is 47.3 Å². The third kappa shape index (κ3) is 2.25. The van der Waals surface area contributed by atoms with Crippen molar-refractivity contribution < 1.29 is 4.39 Å². The van der Waals surface area contributed by atoms with Crippen LogP contribution >= 0.6 is 0 Å². The van der Waals surface area contributed by atoms with Crippen LogP contribution in [0.3, 0.4) is 0 Å². The van der Waals surface area contributed by atoms with E-state index in [1.54, 1.807) is 24.3 Å². The highest BCUT2D eigenvalue weighted by Crippen LogP contribution is 2.19. The van der Waals surface area contributed by atoms with E-state index in [0.717, 1.165) is 10.9 Å². The van der Waals surface area contributed by atoms with Gasteiger partial charge in [-0.15, -0.1) is 0 Å². The molecular formula is C15H12FN3O. The molecule has 3 aromatic rings. The smallest absolute Gasteiger partial charge is 0.272 e. The molecule has 0 aliphatic heterocycles. The lowest BCUT2D eigenvalue weighted by Gasteiger charge is -2.06. The monoisotopic (exact) mass is 269 g/mol. The second-order valence-electron chi connectivity index (χ2n) is 4.61. The minimum Gasteiger partial charge on any atom is -0.399 e. The molecule has 0 saturated carbocycles. The van der Waals surface area contributed by atoms with Crippen molar-refractivity contribution in [1.29, 1.82) is 0 Å². The first-order valence-corrected chi connectivity index (χ1v) is 6.15. The Morgan fingerprint density at radius 2 is 2.00 bits per heavy atom. The Morgan fingerprint density at radius 1 is 1.15 bits per heavy atom. The fraction of sp³-hybridized carbons (Fsp3) is 0.0667. The number of hydrogen-bond acceptors (Lipinski definition) is 3. The van der Waals surface area contributed by atoms with Gasteiger partial charge in [0.2, 0.25) is 0 Å². The van der Waals surface area contributed by atoms with Crippen LogP contribution in [0.4, 0.5) is 10.1 Å². The number of fused-ring (bicyclic) bond motifs is 1. The van der Waals surface area contributed by atoms with Gasteiger partial charge in [0, 0.05) is 17.5 Å². The molecular weight excluding hydrogens is 257 g/mol. The number of hydrogen-bond donors (Lipinski definition) is 2. The summed E-state index contributed by atoms with van der Waals surface area (Å²) in [5.74, 6) is -0.291. The molecule has 20 heavy (non-hydrogen) atoms. The van der Waals surface area contributed by atoms with Gasteiger partial charge < -0.3 is 5.73 Å². The second kappa shape index (κ2) is 4.77. The number of nitrogens with zero attached hydrogens (tertiary/aromatic N) is 1. The lowest BCUT2D eigenvalue weighted by Crippen LogP contribution is -2.11. The van der Waals surface area contributed by atoms with Crippen molar-refractivity contribution in [2.24, 2.45) is 0 Å². The lowest BCUT2D eigenvalue weighted by molar-refractivity contribution is 0.626. The average Bonchev–Trinajstić information content (AvgIpc) is 2.42. The summed E-state index contributed by atoms with van der Waals surface area (Å²) in [6.07, 6.45) is 0.439. The summed E-state index contributed by atoms with van der Waals surface area (Å²) in [7, 11) is 0. The van der Waals surface area contributed by atoms with E-state index in [1.165, 1.54) is 12.1 Å². The zero-order valence-corrected chi connectivity index (χ0v) is 10.6. The Morgan fingerprint density at radius 3 is 2.80 bits per heavy atom. The molecule has 3 rings (SSSR count). The zero-order chi connectivity index (χ0) is 14.1. The van der Waals surface area contributed by atoms with Crippen LogP contribution in [0.25, 0.3) is 10.8 Å². The third-order valence-electron chi connectivity index (χ3n) is 3.15. The number of H-pyrrole nitrogens is 1. The van der Waals surface area contributed by atoms with Crippen LogP contribution in [-0.2, 0) is 6.42 Å². The molecule has 0 radical (unpaired) electrons. The van der Waals surface area contributed by atoms with E-state index in [4.69, 9.17) is 5.73 Å². The van der Waals surface area contributed by atoms with Crippen LogP contribution in [0.1, 0.15) is 11.3 Å². The van der Waals surface area contributed by atoms with Gasteiger partial charge in [0.15, 0.2) is 0 Å². The molecule has 4 nitrogen and oxygen atoms in total. The molecule has 5 heteroatoms. The molecule has 0 atom stereocenters.